The normalized spacial score (nSPS) is 11.9. The standard InChI is InChI=1S/C45H86O6/c1-5-7-9-11-12-13-14-15-16-17-18-19-20-21-22-25-29-33-37-44(47)50-40-42(39-49-43(46)36-32-27-10-8-6-2)51-45(48)38-34-30-26-23-24-28-31-35-41(3)4/h41-42H,5-40H2,1-4H3/t42-/m0/s1. The van der Waals surface area contributed by atoms with Gasteiger partial charge in [0.2, 0.25) is 0 Å². The van der Waals surface area contributed by atoms with E-state index in [1.54, 1.807) is 0 Å². The summed E-state index contributed by atoms with van der Waals surface area (Å²) in [6.45, 7) is 8.86. The first-order chi connectivity index (χ1) is 24.9. The third kappa shape index (κ3) is 39.5. The Kier molecular flexibility index (Phi) is 38.4. The quantitative estimate of drug-likeness (QED) is 0.0356. The van der Waals surface area contributed by atoms with E-state index in [1.165, 1.54) is 135 Å². The minimum absolute atomic E-state index is 0.0657. The van der Waals surface area contributed by atoms with Crippen molar-refractivity contribution in [2.24, 2.45) is 5.92 Å². The second kappa shape index (κ2) is 39.6. The van der Waals surface area contributed by atoms with E-state index in [-0.39, 0.29) is 31.1 Å². The smallest absolute Gasteiger partial charge is 0.306 e. The van der Waals surface area contributed by atoms with Crippen molar-refractivity contribution in [2.45, 2.75) is 252 Å². The van der Waals surface area contributed by atoms with Crippen LogP contribution < -0.4 is 0 Å². The molecule has 0 aromatic rings. The summed E-state index contributed by atoms with van der Waals surface area (Å²) in [6, 6.07) is 0. The molecule has 0 rings (SSSR count). The van der Waals surface area contributed by atoms with Crippen LogP contribution in [-0.2, 0) is 28.6 Å². The van der Waals surface area contributed by atoms with Crippen LogP contribution in [0.2, 0.25) is 0 Å². The first-order valence-electron chi connectivity index (χ1n) is 22.4. The lowest BCUT2D eigenvalue weighted by Gasteiger charge is -2.18. The Morgan fingerprint density at radius 3 is 0.961 bits per heavy atom. The van der Waals surface area contributed by atoms with E-state index in [2.05, 4.69) is 27.7 Å². The van der Waals surface area contributed by atoms with E-state index in [4.69, 9.17) is 14.2 Å². The Balaban J connectivity index is 4.11. The molecule has 0 amide bonds. The van der Waals surface area contributed by atoms with Gasteiger partial charge >= 0.3 is 17.9 Å². The Bertz CT molecular complexity index is 766. The van der Waals surface area contributed by atoms with Crippen LogP contribution in [0.1, 0.15) is 246 Å². The zero-order chi connectivity index (χ0) is 37.5. The molecule has 0 N–H and O–H groups in total. The van der Waals surface area contributed by atoms with E-state index >= 15 is 0 Å². The highest BCUT2D eigenvalue weighted by Gasteiger charge is 2.19. The van der Waals surface area contributed by atoms with Crippen molar-refractivity contribution < 1.29 is 28.6 Å². The Labute approximate surface area is 317 Å². The first kappa shape index (κ1) is 49.4. The van der Waals surface area contributed by atoms with Crippen LogP contribution in [0, 0.1) is 5.92 Å². The Hall–Kier alpha value is -1.59. The molecule has 0 bridgehead atoms. The van der Waals surface area contributed by atoms with Gasteiger partial charge in [0.05, 0.1) is 0 Å². The minimum Gasteiger partial charge on any atom is -0.462 e. The largest absolute Gasteiger partial charge is 0.462 e. The van der Waals surface area contributed by atoms with Crippen molar-refractivity contribution in [3.63, 3.8) is 0 Å². The van der Waals surface area contributed by atoms with Gasteiger partial charge in [-0.2, -0.15) is 0 Å². The summed E-state index contributed by atoms with van der Waals surface area (Å²) in [4.78, 5) is 37.4. The van der Waals surface area contributed by atoms with Gasteiger partial charge in [0, 0.05) is 19.3 Å². The molecule has 0 aliphatic carbocycles. The van der Waals surface area contributed by atoms with Gasteiger partial charge < -0.3 is 14.2 Å². The van der Waals surface area contributed by atoms with Crippen molar-refractivity contribution in [3.05, 3.63) is 0 Å². The summed E-state index contributed by atoms with van der Waals surface area (Å²) in [5.74, 6) is -0.0952. The average Bonchev–Trinajstić information content (AvgIpc) is 3.11. The van der Waals surface area contributed by atoms with Gasteiger partial charge in [-0.3, -0.25) is 14.4 Å². The van der Waals surface area contributed by atoms with Gasteiger partial charge in [0.1, 0.15) is 13.2 Å². The molecule has 6 heteroatoms. The maximum atomic E-state index is 12.6. The highest BCUT2D eigenvalue weighted by atomic mass is 16.6. The average molecular weight is 723 g/mol. The van der Waals surface area contributed by atoms with Crippen LogP contribution in [0.5, 0.6) is 0 Å². The van der Waals surface area contributed by atoms with E-state index < -0.39 is 6.10 Å². The lowest BCUT2D eigenvalue weighted by Crippen LogP contribution is -2.30. The molecule has 0 aliphatic heterocycles. The zero-order valence-electron chi connectivity index (χ0n) is 34.6. The van der Waals surface area contributed by atoms with Crippen molar-refractivity contribution in [1.82, 2.24) is 0 Å². The first-order valence-corrected chi connectivity index (χ1v) is 22.4. The minimum atomic E-state index is -0.758. The predicted octanol–water partition coefficient (Wildman–Crippen LogP) is 13.9. The summed E-state index contributed by atoms with van der Waals surface area (Å²) in [7, 11) is 0. The molecule has 302 valence electrons. The lowest BCUT2D eigenvalue weighted by molar-refractivity contribution is -0.167. The van der Waals surface area contributed by atoms with E-state index in [0.29, 0.717) is 19.3 Å². The highest BCUT2D eigenvalue weighted by molar-refractivity contribution is 5.71. The lowest BCUT2D eigenvalue weighted by atomic mass is 10.0. The van der Waals surface area contributed by atoms with Gasteiger partial charge in [-0.25, -0.2) is 0 Å². The molecule has 51 heavy (non-hydrogen) atoms. The number of ether oxygens (including phenoxy) is 3. The molecule has 0 saturated carbocycles. The van der Waals surface area contributed by atoms with Gasteiger partial charge in [-0.15, -0.1) is 0 Å². The monoisotopic (exact) mass is 723 g/mol. The van der Waals surface area contributed by atoms with E-state index in [9.17, 15) is 14.4 Å². The van der Waals surface area contributed by atoms with Crippen molar-refractivity contribution in [2.75, 3.05) is 13.2 Å². The fourth-order valence-electron chi connectivity index (χ4n) is 6.63. The van der Waals surface area contributed by atoms with Gasteiger partial charge in [-0.05, 0) is 25.2 Å². The summed E-state index contributed by atoms with van der Waals surface area (Å²) in [5, 5.41) is 0. The summed E-state index contributed by atoms with van der Waals surface area (Å²) >= 11 is 0. The van der Waals surface area contributed by atoms with E-state index in [1.807, 2.05) is 0 Å². The maximum absolute atomic E-state index is 12.6. The third-order valence-electron chi connectivity index (χ3n) is 10.0. The van der Waals surface area contributed by atoms with Crippen LogP contribution in [0.25, 0.3) is 0 Å². The van der Waals surface area contributed by atoms with Gasteiger partial charge in [-0.1, -0.05) is 207 Å². The number of unbranched alkanes of at least 4 members (excludes halogenated alkanes) is 27. The van der Waals surface area contributed by atoms with E-state index in [0.717, 1.165) is 70.1 Å². The van der Waals surface area contributed by atoms with Crippen LogP contribution >= 0.6 is 0 Å². The molecule has 0 heterocycles. The molecule has 0 aliphatic rings. The molecule has 0 saturated heterocycles. The fraction of sp³-hybridized carbons (Fsp3) is 0.933. The molecule has 0 unspecified atom stereocenters. The summed E-state index contributed by atoms with van der Waals surface area (Å²) in [5.41, 5.74) is 0. The molecule has 0 fully saturated rings. The number of carbonyl (C=O) groups is 3. The van der Waals surface area contributed by atoms with Gasteiger partial charge in [0.15, 0.2) is 6.10 Å². The van der Waals surface area contributed by atoms with Crippen LogP contribution in [-0.4, -0.2) is 37.2 Å². The molecule has 6 nitrogen and oxygen atoms in total. The van der Waals surface area contributed by atoms with Crippen LogP contribution in [0.3, 0.4) is 0 Å². The van der Waals surface area contributed by atoms with Crippen molar-refractivity contribution >= 4 is 17.9 Å². The van der Waals surface area contributed by atoms with Crippen molar-refractivity contribution in [1.29, 1.82) is 0 Å². The topological polar surface area (TPSA) is 78.9 Å². The number of esters is 3. The van der Waals surface area contributed by atoms with Crippen LogP contribution in [0.15, 0.2) is 0 Å². The Morgan fingerprint density at radius 1 is 0.373 bits per heavy atom. The molecular formula is C45H86O6. The number of hydrogen-bond acceptors (Lipinski definition) is 6. The second-order valence-electron chi connectivity index (χ2n) is 15.8. The fourth-order valence-corrected chi connectivity index (χ4v) is 6.63. The number of carbonyl (C=O) groups excluding carboxylic acids is 3. The Morgan fingerprint density at radius 2 is 0.647 bits per heavy atom. The second-order valence-corrected chi connectivity index (χ2v) is 15.8. The molecule has 0 aromatic heterocycles. The maximum Gasteiger partial charge on any atom is 0.306 e. The molecule has 0 spiro atoms. The molecule has 0 radical (unpaired) electrons. The zero-order valence-corrected chi connectivity index (χ0v) is 34.6. The molecule has 1 atom stereocenters. The summed E-state index contributed by atoms with van der Waals surface area (Å²) in [6.07, 6.45) is 38.5. The number of rotatable bonds is 40. The molecular weight excluding hydrogens is 636 g/mol. The predicted molar refractivity (Wildman–Crippen MR) is 215 cm³/mol. The SMILES string of the molecule is CCCCCCCCCCCCCCCCCCCCC(=O)OC[C@H](COC(=O)CCCCCCC)OC(=O)CCCCCCCCCC(C)C. The third-order valence-corrected chi connectivity index (χ3v) is 10.0. The number of hydrogen-bond donors (Lipinski definition) is 0. The summed E-state index contributed by atoms with van der Waals surface area (Å²) < 4.78 is 16.6. The van der Waals surface area contributed by atoms with Crippen molar-refractivity contribution in [3.8, 4) is 0 Å². The molecule has 0 aromatic carbocycles. The highest BCUT2D eigenvalue weighted by Crippen LogP contribution is 2.16. The van der Waals surface area contributed by atoms with Gasteiger partial charge in [0.25, 0.3) is 0 Å². The van der Waals surface area contributed by atoms with Crippen LogP contribution in [0.4, 0.5) is 0 Å².